The molecule has 1 radical (unpaired) electrons. The van der Waals surface area contributed by atoms with Gasteiger partial charge in [0, 0.05) is 18.1 Å². The molecule has 2 N–H and O–H groups in total. The van der Waals surface area contributed by atoms with Gasteiger partial charge in [-0.05, 0) is 25.7 Å². The third-order valence-corrected chi connectivity index (χ3v) is 2.97. The third-order valence-electron chi connectivity index (χ3n) is 2.97. The van der Waals surface area contributed by atoms with E-state index in [0.29, 0.717) is 6.04 Å². The second-order valence-electron chi connectivity index (χ2n) is 3.50. The lowest BCUT2D eigenvalue weighted by molar-refractivity contribution is 0.295. The molecule has 1 unspecified atom stereocenters. The Labute approximate surface area is 69.5 Å². The fraction of sp³-hybridized carbons (Fsp3) is 1.00. The molecular weight excluding hydrogens is 136 g/mol. The van der Waals surface area contributed by atoms with Crippen molar-refractivity contribution in [3.63, 3.8) is 0 Å². The van der Waals surface area contributed by atoms with Gasteiger partial charge in [-0.25, -0.2) is 5.32 Å². The summed E-state index contributed by atoms with van der Waals surface area (Å²) in [5.74, 6) is 0. The predicted octanol–water partition coefficient (Wildman–Crippen LogP) is 1.27. The highest BCUT2D eigenvalue weighted by Crippen LogP contribution is 2.24. The van der Waals surface area contributed by atoms with Gasteiger partial charge in [-0.1, -0.05) is 13.8 Å². The molecule has 1 aliphatic heterocycles. The maximum atomic E-state index is 6.21. The van der Waals surface area contributed by atoms with Crippen molar-refractivity contribution < 1.29 is 0 Å². The summed E-state index contributed by atoms with van der Waals surface area (Å²) in [6, 6.07) is 0.442. The zero-order chi connectivity index (χ0) is 8.32. The predicted molar refractivity (Wildman–Crippen MR) is 47.5 cm³/mol. The SMILES string of the molecule is CCC(N)(CC)C1CCC[N]1. The summed E-state index contributed by atoms with van der Waals surface area (Å²) in [7, 11) is 0. The maximum absolute atomic E-state index is 6.21. The Kier molecular flexibility index (Phi) is 2.90. The molecule has 0 saturated carbocycles. The first kappa shape index (κ1) is 9.01. The van der Waals surface area contributed by atoms with Crippen molar-refractivity contribution in [3.8, 4) is 0 Å². The quantitative estimate of drug-likeness (QED) is 0.655. The zero-order valence-corrected chi connectivity index (χ0v) is 7.64. The lowest BCUT2D eigenvalue weighted by Gasteiger charge is -2.32. The topological polar surface area (TPSA) is 40.1 Å². The second kappa shape index (κ2) is 3.55. The van der Waals surface area contributed by atoms with Gasteiger partial charge < -0.3 is 5.73 Å². The highest BCUT2D eigenvalue weighted by Gasteiger charge is 2.33. The van der Waals surface area contributed by atoms with Crippen LogP contribution in [0.15, 0.2) is 0 Å². The lowest BCUT2D eigenvalue weighted by Crippen LogP contribution is -2.51. The molecule has 0 aromatic carbocycles. The minimum atomic E-state index is -0.00347. The summed E-state index contributed by atoms with van der Waals surface area (Å²) in [5.41, 5.74) is 6.20. The molecule has 1 atom stereocenters. The van der Waals surface area contributed by atoms with Crippen LogP contribution >= 0.6 is 0 Å². The van der Waals surface area contributed by atoms with Crippen molar-refractivity contribution in [2.45, 2.75) is 51.1 Å². The molecule has 0 bridgehead atoms. The molecule has 1 fully saturated rings. The number of nitrogens with two attached hydrogens (primary N) is 1. The summed E-state index contributed by atoms with van der Waals surface area (Å²) in [5, 5.41) is 4.52. The van der Waals surface area contributed by atoms with Crippen LogP contribution in [0.4, 0.5) is 0 Å². The van der Waals surface area contributed by atoms with Crippen LogP contribution in [0.1, 0.15) is 39.5 Å². The van der Waals surface area contributed by atoms with Gasteiger partial charge >= 0.3 is 0 Å². The molecule has 0 aromatic rings. The standard InChI is InChI=1S/C9H19N2/c1-3-9(10,4-2)8-6-5-7-11-8/h8H,3-7,10H2,1-2H3. The highest BCUT2D eigenvalue weighted by atomic mass is 15.0. The molecule has 2 nitrogen and oxygen atoms in total. The van der Waals surface area contributed by atoms with Gasteiger partial charge in [0.15, 0.2) is 0 Å². The monoisotopic (exact) mass is 155 g/mol. The van der Waals surface area contributed by atoms with Crippen LogP contribution in [-0.2, 0) is 0 Å². The molecule has 0 amide bonds. The van der Waals surface area contributed by atoms with Gasteiger partial charge in [0.2, 0.25) is 0 Å². The average molecular weight is 155 g/mol. The van der Waals surface area contributed by atoms with E-state index in [2.05, 4.69) is 19.2 Å². The summed E-state index contributed by atoms with van der Waals surface area (Å²) in [6.07, 6.45) is 4.55. The van der Waals surface area contributed by atoms with Crippen molar-refractivity contribution in [3.05, 3.63) is 0 Å². The third kappa shape index (κ3) is 1.74. The normalized spacial score (nSPS) is 25.9. The van der Waals surface area contributed by atoms with Crippen molar-refractivity contribution in [2.75, 3.05) is 6.54 Å². The molecule has 1 aliphatic rings. The van der Waals surface area contributed by atoms with E-state index >= 15 is 0 Å². The molecule has 2 heteroatoms. The van der Waals surface area contributed by atoms with E-state index in [1.807, 2.05) is 0 Å². The van der Waals surface area contributed by atoms with E-state index in [1.165, 1.54) is 12.8 Å². The second-order valence-corrected chi connectivity index (χ2v) is 3.50. The van der Waals surface area contributed by atoms with Crippen LogP contribution in [-0.4, -0.2) is 18.1 Å². The lowest BCUT2D eigenvalue weighted by atomic mass is 9.85. The maximum Gasteiger partial charge on any atom is 0.0426 e. The van der Waals surface area contributed by atoms with Gasteiger partial charge in [0.1, 0.15) is 0 Å². The molecule has 0 spiro atoms. The van der Waals surface area contributed by atoms with Crippen LogP contribution < -0.4 is 11.1 Å². The Morgan fingerprint density at radius 1 is 1.45 bits per heavy atom. The van der Waals surface area contributed by atoms with Gasteiger partial charge in [0.05, 0.1) is 0 Å². The highest BCUT2D eigenvalue weighted by molar-refractivity contribution is 4.96. The molecule has 1 saturated heterocycles. The fourth-order valence-electron chi connectivity index (χ4n) is 1.81. The van der Waals surface area contributed by atoms with Crippen LogP contribution in [0, 0.1) is 0 Å². The molecule has 1 rings (SSSR count). The Balaban J connectivity index is 2.52. The minimum Gasteiger partial charge on any atom is -0.324 e. The van der Waals surface area contributed by atoms with E-state index in [9.17, 15) is 0 Å². The van der Waals surface area contributed by atoms with Crippen molar-refractivity contribution in [1.29, 1.82) is 0 Å². The summed E-state index contributed by atoms with van der Waals surface area (Å²) in [4.78, 5) is 0. The molecular formula is C9H19N2. The first-order valence-corrected chi connectivity index (χ1v) is 4.68. The van der Waals surface area contributed by atoms with Crippen LogP contribution in [0.25, 0.3) is 0 Å². The average Bonchev–Trinajstić information content (AvgIpc) is 2.55. The molecule has 0 aromatic heterocycles. The Bertz CT molecular complexity index is 113. The molecule has 0 aliphatic carbocycles. The summed E-state index contributed by atoms with van der Waals surface area (Å²) in [6.45, 7) is 5.36. The summed E-state index contributed by atoms with van der Waals surface area (Å²) >= 11 is 0. The Morgan fingerprint density at radius 2 is 2.09 bits per heavy atom. The number of hydrogen-bond donors (Lipinski definition) is 1. The first-order chi connectivity index (χ1) is 5.23. The van der Waals surface area contributed by atoms with E-state index in [0.717, 1.165) is 19.4 Å². The van der Waals surface area contributed by atoms with Crippen molar-refractivity contribution in [2.24, 2.45) is 5.73 Å². The van der Waals surface area contributed by atoms with Gasteiger partial charge in [-0.2, -0.15) is 0 Å². The van der Waals surface area contributed by atoms with E-state index in [4.69, 9.17) is 5.73 Å². The fourth-order valence-corrected chi connectivity index (χ4v) is 1.81. The number of rotatable bonds is 3. The van der Waals surface area contributed by atoms with Crippen molar-refractivity contribution >= 4 is 0 Å². The van der Waals surface area contributed by atoms with E-state index in [1.54, 1.807) is 0 Å². The minimum absolute atomic E-state index is 0.00347. The van der Waals surface area contributed by atoms with E-state index in [-0.39, 0.29) is 5.54 Å². The largest absolute Gasteiger partial charge is 0.324 e. The molecule has 11 heavy (non-hydrogen) atoms. The van der Waals surface area contributed by atoms with Crippen LogP contribution in [0.3, 0.4) is 0 Å². The van der Waals surface area contributed by atoms with E-state index < -0.39 is 0 Å². The smallest absolute Gasteiger partial charge is 0.0426 e. The van der Waals surface area contributed by atoms with Gasteiger partial charge in [0.25, 0.3) is 0 Å². The van der Waals surface area contributed by atoms with Gasteiger partial charge in [-0.15, -0.1) is 0 Å². The summed E-state index contributed by atoms with van der Waals surface area (Å²) < 4.78 is 0. The first-order valence-electron chi connectivity index (χ1n) is 4.68. The Hall–Kier alpha value is -0.0800. The molecule has 1 heterocycles. The molecule has 65 valence electrons. The van der Waals surface area contributed by atoms with Crippen molar-refractivity contribution in [1.82, 2.24) is 5.32 Å². The zero-order valence-electron chi connectivity index (χ0n) is 7.64. The van der Waals surface area contributed by atoms with Gasteiger partial charge in [-0.3, -0.25) is 0 Å². The van der Waals surface area contributed by atoms with Crippen LogP contribution in [0.5, 0.6) is 0 Å². The Morgan fingerprint density at radius 3 is 2.45 bits per heavy atom. The number of nitrogens with zero attached hydrogens (tertiary/aromatic N) is 1. The van der Waals surface area contributed by atoms with Crippen LogP contribution in [0.2, 0.25) is 0 Å². The number of hydrogen-bond acceptors (Lipinski definition) is 1.